The third kappa shape index (κ3) is 3.63. The minimum atomic E-state index is 0.559. The molecule has 3 aromatic heterocycles. The molecule has 0 N–H and O–H groups in total. The highest BCUT2D eigenvalue weighted by Crippen LogP contribution is 2.40. The second-order valence-corrected chi connectivity index (χ2v) is 8.38. The van der Waals surface area contributed by atoms with E-state index in [1.165, 1.54) is 41.7 Å². The summed E-state index contributed by atoms with van der Waals surface area (Å²) in [5.41, 5.74) is 2.14. The van der Waals surface area contributed by atoms with Gasteiger partial charge in [-0.1, -0.05) is 30.3 Å². The Labute approximate surface area is 164 Å². The Morgan fingerprint density at radius 1 is 1.07 bits per heavy atom. The van der Waals surface area contributed by atoms with Crippen LogP contribution in [0.1, 0.15) is 30.1 Å². The molecule has 27 heavy (non-hydrogen) atoms. The van der Waals surface area contributed by atoms with Crippen molar-refractivity contribution in [1.82, 2.24) is 29.1 Å². The van der Waals surface area contributed by atoms with Crippen molar-refractivity contribution in [3.05, 3.63) is 66.2 Å². The zero-order valence-corrected chi connectivity index (χ0v) is 16.0. The highest BCUT2D eigenvalue weighted by Gasteiger charge is 2.28. The third-order valence-electron chi connectivity index (χ3n) is 4.36. The van der Waals surface area contributed by atoms with Crippen molar-refractivity contribution in [2.24, 2.45) is 0 Å². The maximum absolute atomic E-state index is 4.67. The lowest BCUT2D eigenvalue weighted by Gasteiger charge is -2.09. The summed E-state index contributed by atoms with van der Waals surface area (Å²) in [6, 6.07) is 14.2. The molecule has 0 bridgehead atoms. The Hall–Kier alpha value is -2.58. The molecule has 0 saturated heterocycles. The monoisotopic (exact) mass is 392 g/mol. The van der Waals surface area contributed by atoms with Gasteiger partial charge in [-0.2, -0.15) is 4.37 Å². The topological polar surface area (TPSA) is 69.4 Å². The number of benzene rings is 1. The standard InChI is InChI=1S/C19H16N6S2/c1-2-5-13(6-3-1)12-25-17(15-7-4-10-20-11-15)22-23-18(25)26-19-21-16(24-27-19)14-8-9-14/h1-7,10-11,14H,8-9,12H2. The molecule has 0 radical (unpaired) electrons. The van der Waals surface area contributed by atoms with Crippen LogP contribution < -0.4 is 0 Å². The first-order valence-electron chi connectivity index (χ1n) is 8.76. The van der Waals surface area contributed by atoms with Gasteiger partial charge in [-0.25, -0.2) is 4.98 Å². The SMILES string of the molecule is c1ccc(Cn2c(Sc3nc(C4CC4)ns3)nnc2-c2cccnc2)cc1. The number of rotatable bonds is 6. The largest absolute Gasteiger partial charge is 0.297 e. The summed E-state index contributed by atoms with van der Waals surface area (Å²) in [5.74, 6) is 2.34. The second kappa shape index (κ2) is 7.21. The van der Waals surface area contributed by atoms with Gasteiger partial charge in [0, 0.05) is 23.9 Å². The van der Waals surface area contributed by atoms with Crippen LogP contribution in [-0.2, 0) is 6.54 Å². The molecule has 3 heterocycles. The van der Waals surface area contributed by atoms with E-state index in [0.29, 0.717) is 12.5 Å². The molecule has 1 aliphatic rings. The number of pyridine rings is 1. The lowest BCUT2D eigenvalue weighted by Crippen LogP contribution is -2.04. The number of nitrogens with zero attached hydrogens (tertiary/aromatic N) is 6. The van der Waals surface area contributed by atoms with Gasteiger partial charge in [0.25, 0.3) is 0 Å². The summed E-state index contributed by atoms with van der Waals surface area (Å²) in [5, 5.41) is 9.70. The summed E-state index contributed by atoms with van der Waals surface area (Å²) < 4.78 is 7.53. The molecule has 134 valence electrons. The first-order valence-corrected chi connectivity index (χ1v) is 10.3. The van der Waals surface area contributed by atoms with Gasteiger partial charge in [-0.05, 0) is 53.8 Å². The number of aromatic nitrogens is 6. The van der Waals surface area contributed by atoms with E-state index >= 15 is 0 Å². The quantitative estimate of drug-likeness (QED) is 0.488. The molecule has 5 rings (SSSR count). The predicted octanol–water partition coefficient (Wildman–Crippen LogP) is 4.27. The van der Waals surface area contributed by atoms with Crippen molar-refractivity contribution in [1.29, 1.82) is 0 Å². The summed E-state index contributed by atoms with van der Waals surface area (Å²) >= 11 is 2.97. The van der Waals surface area contributed by atoms with Gasteiger partial charge in [0.05, 0.1) is 6.54 Å². The molecule has 8 heteroatoms. The van der Waals surface area contributed by atoms with Gasteiger partial charge in [-0.3, -0.25) is 9.55 Å². The van der Waals surface area contributed by atoms with Gasteiger partial charge < -0.3 is 0 Å². The Morgan fingerprint density at radius 3 is 2.74 bits per heavy atom. The fourth-order valence-corrected chi connectivity index (χ4v) is 4.45. The first-order chi connectivity index (χ1) is 13.4. The lowest BCUT2D eigenvalue weighted by atomic mass is 10.2. The molecular weight excluding hydrogens is 376 g/mol. The molecule has 0 unspecified atom stereocenters. The van der Waals surface area contributed by atoms with E-state index in [9.17, 15) is 0 Å². The van der Waals surface area contributed by atoms with Gasteiger partial charge >= 0.3 is 0 Å². The molecular formula is C19H16N6S2. The van der Waals surface area contributed by atoms with E-state index in [4.69, 9.17) is 0 Å². The first kappa shape index (κ1) is 16.6. The van der Waals surface area contributed by atoms with Crippen LogP contribution in [0.5, 0.6) is 0 Å². The van der Waals surface area contributed by atoms with Gasteiger partial charge in [0.1, 0.15) is 5.82 Å². The predicted molar refractivity (Wildman–Crippen MR) is 105 cm³/mol. The number of hydrogen-bond donors (Lipinski definition) is 0. The van der Waals surface area contributed by atoms with Crippen LogP contribution in [0.15, 0.2) is 64.4 Å². The molecule has 1 saturated carbocycles. The van der Waals surface area contributed by atoms with Crippen molar-refractivity contribution in [3.63, 3.8) is 0 Å². The average Bonchev–Trinajstić information content (AvgIpc) is 3.35. The lowest BCUT2D eigenvalue weighted by molar-refractivity contribution is 0.714. The molecule has 4 aromatic rings. The molecule has 0 amide bonds. The van der Waals surface area contributed by atoms with Crippen LogP contribution in [0.2, 0.25) is 0 Å². The average molecular weight is 393 g/mol. The van der Waals surface area contributed by atoms with Crippen LogP contribution in [-0.4, -0.2) is 29.1 Å². The molecule has 0 atom stereocenters. The smallest absolute Gasteiger partial charge is 0.198 e. The van der Waals surface area contributed by atoms with Gasteiger partial charge in [0.15, 0.2) is 15.3 Å². The number of hydrogen-bond acceptors (Lipinski definition) is 7. The van der Waals surface area contributed by atoms with Crippen molar-refractivity contribution >= 4 is 23.3 Å². The minimum Gasteiger partial charge on any atom is -0.297 e. The normalized spacial score (nSPS) is 13.8. The highest BCUT2D eigenvalue weighted by molar-refractivity contribution is 8.00. The maximum Gasteiger partial charge on any atom is 0.198 e. The minimum absolute atomic E-state index is 0.559. The molecule has 1 fully saturated rings. The summed E-state index contributed by atoms with van der Waals surface area (Å²) in [7, 11) is 0. The molecule has 0 spiro atoms. The zero-order valence-electron chi connectivity index (χ0n) is 14.4. The Balaban J connectivity index is 1.50. The highest BCUT2D eigenvalue weighted by atomic mass is 32.2. The van der Waals surface area contributed by atoms with E-state index in [2.05, 4.69) is 41.2 Å². The van der Waals surface area contributed by atoms with Crippen molar-refractivity contribution in [2.45, 2.75) is 34.8 Å². The van der Waals surface area contributed by atoms with Gasteiger partial charge in [0.2, 0.25) is 0 Å². The molecule has 6 nitrogen and oxygen atoms in total. The van der Waals surface area contributed by atoms with Crippen LogP contribution in [0.3, 0.4) is 0 Å². The Kier molecular flexibility index (Phi) is 4.43. The molecule has 1 aromatic carbocycles. The Bertz CT molecular complexity index is 1040. The van der Waals surface area contributed by atoms with Crippen LogP contribution in [0, 0.1) is 0 Å². The molecule has 0 aliphatic heterocycles. The summed E-state index contributed by atoms with van der Waals surface area (Å²) in [6.45, 7) is 0.689. The van der Waals surface area contributed by atoms with E-state index in [1.54, 1.807) is 6.20 Å². The van der Waals surface area contributed by atoms with Crippen LogP contribution in [0.4, 0.5) is 0 Å². The van der Waals surface area contributed by atoms with Crippen LogP contribution >= 0.6 is 23.3 Å². The fraction of sp³-hybridized carbons (Fsp3) is 0.211. The van der Waals surface area contributed by atoms with E-state index in [0.717, 1.165) is 26.7 Å². The van der Waals surface area contributed by atoms with E-state index in [1.807, 2.05) is 36.5 Å². The third-order valence-corrected chi connectivity index (χ3v) is 6.11. The zero-order chi connectivity index (χ0) is 18.1. The molecule has 1 aliphatic carbocycles. The summed E-state index contributed by atoms with van der Waals surface area (Å²) in [6.07, 6.45) is 5.99. The van der Waals surface area contributed by atoms with Crippen molar-refractivity contribution in [3.8, 4) is 11.4 Å². The van der Waals surface area contributed by atoms with Crippen molar-refractivity contribution < 1.29 is 0 Å². The maximum atomic E-state index is 4.67. The Morgan fingerprint density at radius 2 is 1.96 bits per heavy atom. The fourth-order valence-electron chi connectivity index (χ4n) is 2.83. The summed E-state index contributed by atoms with van der Waals surface area (Å²) in [4.78, 5) is 8.90. The van der Waals surface area contributed by atoms with Crippen LogP contribution in [0.25, 0.3) is 11.4 Å². The van der Waals surface area contributed by atoms with E-state index < -0.39 is 0 Å². The van der Waals surface area contributed by atoms with E-state index in [-0.39, 0.29) is 0 Å². The van der Waals surface area contributed by atoms with Crippen molar-refractivity contribution in [2.75, 3.05) is 0 Å². The second-order valence-electron chi connectivity index (χ2n) is 6.41. The van der Waals surface area contributed by atoms with Gasteiger partial charge in [-0.15, -0.1) is 10.2 Å².